The van der Waals surface area contributed by atoms with Gasteiger partial charge in [0.15, 0.2) is 0 Å². The molecule has 116 valence electrons. The highest BCUT2D eigenvalue weighted by Gasteiger charge is 2.21. The quantitative estimate of drug-likeness (QED) is 0.874. The minimum atomic E-state index is 0.0986. The predicted octanol–water partition coefficient (Wildman–Crippen LogP) is 2.88. The molecule has 1 aliphatic carbocycles. The van der Waals surface area contributed by atoms with Crippen LogP contribution in [0.4, 0.5) is 0 Å². The van der Waals surface area contributed by atoms with Crippen molar-refractivity contribution < 1.29 is 4.79 Å². The van der Waals surface area contributed by atoms with E-state index in [0.29, 0.717) is 12.1 Å². The molecule has 0 saturated heterocycles. The van der Waals surface area contributed by atoms with E-state index in [-0.39, 0.29) is 5.91 Å². The summed E-state index contributed by atoms with van der Waals surface area (Å²) < 4.78 is 0. The average Bonchev–Trinajstić information content (AvgIpc) is 2.43. The smallest absolute Gasteiger partial charge is 0.217 e. The average molecular weight is 288 g/mol. The Labute approximate surface area is 128 Å². The predicted molar refractivity (Wildman–Crippen MR) is 87.5 cm³/mol. The Balaban J connectivity index is 1.72. The number of rotatable bonds is 5. The summed E-state index contributed by atoms with van der Waals surface area (Å²) in [4.78, 5) is 11.1. The summed E-state index contributed by atoms with van der Waals surface area (Å²) in [6, 6.07) is 7.52. The second kappa shape index (κ2) is 7.60. The molecule has 2 N–H and O–H groups in total. The maximum absolute atomic E-state index is 11.1. The first-order chi connectivity index (χ1) is 10.1. The van der Waals surface area contributed by atoms with Crippen LogP contribution >= 0.6 is 0 Å². The summed E-state index contributed by atoms with van der Waals surface area (Å²) in [5, 5.41) is 6.72. The molecule has 0 unspecified atom stereocenters. The van der Waals surface area contributed by atoms with Gasteiger partial charge < -0.3 is 10.6 Å². The van der Waals surface area contributed by atoms with Crippen LogP contribution in [0.3, 0.4) is 0 Å². The molecule has 1 fully saturated rings. The first-order valence-electron chi connectivity index (χ1n) is 8.12. The molecule has 1 amide bonds. The number of hydrogen-bond donors (Lipinski definition) is 2. The molecule has 0 heterocycles. The van der Waals surface area contributed by atoms with Gasteiger partial charge in [-0.05, 0) is 69.2 Å². The fourth-order valence-electron chi connectivity index (χ4n) is 3.37. The number of aryl methyl sites for hydroxylation is 2. The van der Waals surface area contributed by atoms with Crippen LogP contribution in [0.2, 0.25) is 0 Å². The van der Waals surface area contributed by atoms with Gasteiger partial charge in [0.2, 0.25) is 5.91 Å². The van der Waals surface area contributed by atoms with Crippen LogP contribution in [0.15, 0.2) is 18.2 Å². The van der Waals surface area contributed by atoms with Crippen molar-refractivity contribution >= 4 is 5.91 Å². The van der Waals surface area contributed by atoms with Crippen molar-refractivity contribution in [1.82, 2.24) is 10.6 Å². The summed E-state index contributed by atoms with van der Waals surface area (Å²) in [6.07, 6.45) is 5.63. The maximum Gasteiger partial charge on any atom is 0.217 e. The molecule has 0 radical (unpaired) electrons. The number of carbonyl (C=O) groups excluding carboxylic acids is 1. The topological polar surface area (TPSA) is 41.1 Å². The van der Waals surface area contributed by atoms with Crippen LogP contribution in [-0.2, 0) is 11.2 Å². The number of carbonyl (C=O) groups is 1. The number of amides is 1. The third-order valence-electron chi connectivity index (χ3n) is 4.59. The summed E-state index contributed by atoms with van der Waals surface area (Å²) in [5.74, 6) is 0.0986. The van der Waals surface area contributed by atoms with Crippen molar-refractivity contribution in [3.63, 3.8) is 0 Å². The highest BCUT2D eigenvalue weighted by atomic mass is 16.1. The molecule has 0 aromatic heterocycles. The van der Waals surface area contributed by atoms with E-state index in [1.807, 2.05) is 0 Å². The van der Waals surface area contributed by atoms with E-state index < -0.39 is 0 Å². The van der Waals surface area contributed by atoms with Crippen molar-refractivity contribution in [2.24, 2.45) is 0 Å². The molecule has 0 spiro atoms. The van der Waals surface area contributed by atoms with E-state index >= 15 is 0 Å². The second-order valence-corrected chi connectivity index (χ2v) is 6.32. The van der Waals surface area contributed by atoms with Crippen molar-refractivity contribution in [3.8, 4) is 0 Å². The van der Waals surface area contributed by atoms with Crippen LogP contribution in [0.1, 0.15) is 49.3 Å². The molecule has 1 aromatic carbocycles. The number of benzene rings is 1. The summed E-state index contributed by atoms with van der Waals surface area (Å²) in [7, 11) is 0. The van der Waals surface area contributed by atoms with E-state index in [1.54, 1.807) is 6.92 Å². The van der Waals surface area contributed by atoms with E-state index in [0.717, 1.165) is 38.6 Å². The Hall–Kier alpha value is -1.35. The molecule has 1 aliphatic rings. The first kappa shape index (κ1) is 16.0. The Kier molecular flexibility index (Phi) is 5.80. The Bertz CT molecular complexity index is 456. The van der Waals surface area contributed by atoms with Crippen LogP contribution in [0.25, 0.3) is 0 Å². The standard InChI is InChI=1S/C18H28N2O/c1-13-5-4-6-14(2)18(13)11-12-19-16-7-9-17(10-8-16)20-15(3)21/h4-6,16-17,19H,7-12H2,1-3H3,(H,20,21). The van der Waals surface area contributed by atoms with Crippen molar-refractivity contribution in [3.05, 3.63) is 34.9 Å². The summed E-state index contributed by atoms with van der Waals surface area (Å²) >= 11 is 0. The van der Waals surface area contributed by atoms with Gasteiger partial charge >= 0.3 is 0 Å². The third-order valence-corrected chi connectivity index (χ3v) is 4.59. The van der Waals surface area contributed by atoms with Crippen LogP contribution < -0.4 is 10.6 Å². The lowest BCUT2D eigenvalue weighted by atomic mass is 9.91. The van der Waals surface area contributed by atoms with Gasteiger partial charge in [0.05, 0.1) is 0 Å². The second-order valence-electron chi connectivity index (χ2n) is 6.32. The number of nitrogens with one attached hydrogen (secondary N) is 2. The molecule has 0 aliphatic heterocycles. The van der Waals surface area contributed by atoms with Gasteiger partial charge in [-0.1, -0.05) is 18.2 Å². The molecule has 1 aromatic rings. The van der Waals surface area contributed by atoms with Gasteiger partial charge in [0.1, 0.15) is 0 Å². The molecule has 3 nitrogen and oxygen atoms in total. The molecule has 3 heteroatoms. The lowest BCUT2D eigenvalue weighted by molar-refractivity contribution is -0.119. The largest absolute Gasteiger partial charge is 0.354 e. The van der Waals surface area contributed by atoms with Gasteiger partial charge in [-0.15, -0.1) is 0 Å². The molecule has 21 heavy (non-hydrogen) atoms. The maximum atomic E-state index is 11.1. The van der Waals surface area contributed by atoms with E-state index in [9.17, 15) is 4.79 Å². The lowest BCUT2D eigenvalue weighted by Crippen LogP contribution is -2.41. The molecule has 2 rings (SSSR count). The minimum absolute atomic E-state index is 0.0986. The van der Waals surface area contributed by atoms with Gasteiger partial charge in [0, 0.05) is 19.0 Å². The zero-order valence-corrected chi connectivity index (χ0v) is 13.5. The highest BCUT2D eigenvalue weighted by Crippen LogP contribution is 2.19. The highest BCUT2D eigenvalue weighted by molar-refractivity contribution is 5.73. The summed E-state index contributed by atoms with van der Waals surface area (Å²) in [6.45, 7) is 7.04. The lowest BCUT2D eigenvalue weighted by Gasteiger charge is -2.29. The normalized spacial score (nSPS) is 22.0. The monoisotopic (exact) mass is 288 g/mol. The molecular formula is C18H28N2O. The fraction of sp³-hybridized carbons (Fsp3) is 0.611. The fourth-order valence-corrected chi connectivity index (χ4v) is 3.37. The van der Waals surface area contributed by atoms with E-state index in [4.69, 9.17) is 0 Å². The van der Waals surface area contributed by atoms with Crippen molar-refractivity contribution in [2.75, 3.05) is 6.54 Å². The first-order valence-corrected chi connectivity index (χ1v) is 8.12. The van der Waals surface area contributed by atoms with Crippen LogP contribution in [0, 0.1) is 13.8 Å². The Morgan fingerprint density at radius 1 is 1.10 bits per heavy atom. The zero-order valence-electron chi connectivity index (χ0n) is 13.5. The van der Waals surface area contributed by atoms with Gasteiger partial charge in [-0.3, -0.25) is 4.79 Å². The van der Waals surface area contributed by atoms with E-state index in [2.05, 4.69) is 42.7 Å². The van der Waals surface area contributed by atoms with Crippen LogP contribution in [-0.4, -0.2) is 24.5 Å². The van der Waals surface area contributed by atoms with Gasteiger partial charge in [0.25, 0.3) is 0 Å². The molecule has 0 atom stereocenters. The summed E-state index contributed by atoms with van der Waals surface area (Å²) in [5.41, 5.74) is 4.27. The SMILES string of the molecule is CC(=O)NC1CCC(NCCc2c(C)cccc2C)CC1. The van der Waals surface area contributed by atoms with Crippen LogP contribution in [0.5, 0.6) is 0 Å². The molecule has 0 bridgehead atoms. The van der Waals surface area contributed by atoms with E-state index in [1.165, 1.54) is 16.7 Å². The van der Waals surface area contributed by atoms with Crippen molar-refractivity contribution in [2.45, 2.75) is 65.0 Å². The van der Waals surface area contributed by atoms with Gasteiger partial charge in [-0.25, -0.2) is 0 Å². The van der Waals surface area contributed by atoms with Gasteiger partial charge in [-0.2, -0.15) is 0 Å². The number of hydrogen-bond acceptors (Lipinski definition) is 2. The molecule has 1 saturated carbocycles. The van der Waals surface area contributed by atoms with Crippen molar-refractivity contribution in [1.29, 1.82) is 0 Å². The zero-order chi connectivity index (χ0) is 15.2. The third kappa shape index (κ3) is 4.85. The molecular weight excluding hydrogens is 260 g/mol. The Morgan fingerprint density at radius 3 is 2.24 bits per heavy atom. The Morgan fingerprint density at radius 2 is 1.67 bits per heavy atom. The minimum Gasteiger partial charge on any atom is -0.354 e.